The molecule has 1 saturated heterocycles. The molecule has 1 N–H and O–H groups in total. The van der Waals surface area contributed by atoms with E-state index in [-0.39, 0.29) is 17.7 Å². The fraction of sp³-hybridized carbons (Fsp3) is 0.308. The summed E-state index contributed by atoms with van der Waals surface area (Å²) >= 11 is 0. The van der Waals surface area contributed by atoms with Crippen LogP contribution in [0.5, 0.6) is 5.75 Å². The summed E-state index contributed by atoms with van der Waals surface area (Å²) in [7, 11) is 1.63. The van der Waals surface area contributed by atoms with Crippen LogP contribution in [0.15, 0.2) is 54.6 Å². The fourth-order valence-corrected chi connectivity index (χ4v) is 4.29. The first kappa shape index (κ1) is 20.9. The van der Waals surface area contributed by atoms with E-state index in [4.69, 9.17) is 4.74 Å². The van der Waals surface area contributed by atoms with Gasteiger partial charge in [0.15, 0.2) is 0 Å². The monoisotopic (exact) mass is 416 g/mol. The summed E-state index contributed by atoms with van der Waals surface area (Å²) in [6.07, 6.45) is 1.59. The molecule has 0 saturated carbocycles. The first-order chi connectivity index (χ1) is 15.0. The van der Waals surface area contributed by atoms with Gasteiger partial charge in [0.25, 0.3) is 5.91 Å². The van der Waals surface area contributed by atoms with Gasteiger partial charge >= 0.3 is 0 Å². The van der Waals surface area contributed by atoms with E-state index in [0.29, 0.717) is 18.7 Å². The van der Waals surface area contributed by atoms with Crippen LogP contribution in [-0.2, 0) is 4.79 Å². The highest BCUT2D eigenvalue weighted by molar-refractivity contribution is 6.08. The number of hydrogen-bond acceptors (Lipinski definition) is 3. The van der Waals surface area contributed by atoms with Crippen molar-refractivity contribution in [2.45, 2.75) is 26.7 Å². The molecule has 0 aliphatic carbocycles. The number of nitrogens with zero attached hydrogens (tertiary/aromatic N) is 1. The number of rotatable bonds is 4. The van der Waals surface area contributed by atoms with Crippen molar-refractivity contribution in [1.82, 2.24) is 4.90 Å². The average Bonchev–Trinajstić information content (AvgIpc) is 2.80. The predicted molar refractivity (Wildman–Crippen MR) is 124 cm³/mol. The van der Waals surface area contributed by atoms with E-state index in [1.165, 1.54) is 0 Å². The summed E-state index contributed by atoms with van der Waals surface area (Å²) in [5, 5.41) is 4.85. The number of hydrogen-bond donors (Lipinski definition) is 1. The first-order valence-corrected chi connectivity index (χ1v) is 10.7. The van der Waals surface area contributed by atoms with Crippen LogP contribution in [0.1, 0.15) is 34.3 Å². The summed E-state index contributed by atoms with van der Waals surface area (Å²) in [5.74, 6) is 0.465. The van der Waals surface area contributed by atoms with Crippen LogP contribution in [0, 0.1) is 19.8 Å². The second-order valence-electron chi connectivity index (χ2n) is 8.26. The molecule has 1 atom stereocenters. The third kappa shape index (κ3) is 4.26. The number of ether oxygens (including phenoxy) is 1. The summed E-state index contributed by atoms with van der Waals surface area (Å²) in [6, 6.07) is 17.5. The molecule has 0 bridgehead atoms. The number of amides is 2. The smallest absolute Gasteiger partial charge is 0.254 e. The molecule has 4 rings (SSSR count). The van der Waals surface area contributed by atoms with Gasteiger partial charge < -0.3 is 15.0 Å². The Balaban J connectivity index is 1.54. The van der Waals surface area contributed by atoms with Crippen molar-refractivity contribution in [3.63, 3.8) is 0 Å². The third-order valence-electron chi connectivity index (χ3n) is 6.06. The van der Waals surface area contributed by atoms with Crippen LogP contribution >= 0.6 is 0 Å². The van der Waals surface area contributed by atoms with Gasteiger partial charge in [-0.3, -0.25) is 9.59 Å². The topological polar surface area (TPSA) is 58.6 Å². The lowest BCUT2D eigenvalue weighted by molar-refractivity contribution is -0.121. The number of methoxy groups -OCH3 is 1. The van der Waals surface area contributed by atoms with Gasteiger partial charge in [-0.1, -0.05) is 36.4 Å². The highest BCUT2D eigenvalue weighted by atomic mass is 16.5. The van der Waals surface area contributed by atoms with Gasteiger partial charge in [0.2, 0.25) is 5.91 Å². The van der Waals surface area contributed by atoms with Crippen molar-refractivity contribution in [3.8, 4) is 5.75 Å². The highest BCUT2D eigenvalue weighted by Gasteiger charge is 2.30. The number of carbonyl (C=O) groups is 2. The summed E-state index contributed by atoms with van der Waals surface area (Å²) in [5.41, 5.74) is 3.63. The van der Waals surface area contributed by atoms with Crippen LogP contribution in [0.25, 0.3) is 10.8 Å². The molecule has 3 aromatic carbocycles. The molecule has 3 aromatic rings. The van der Waals surface area contributed by atoms with Crippen LogP contribution in [0.4, 0.5) is 5.69 Å². The lowest BCUT2D eigenvalue weighted by Crippen LogP contribution is -2.43. The highest BCUT2D eigenvalue weighted by Crippen LogP contribution is 2.30. The van der Waals surface area contributed by atoms with Crippen LogP contribution in [-0.4, -0.2) is 36.9 Å². The zero-order valence-electron chi connectivity index (χ0n) is 18.3. The Hall–Kier alpha value is -3.34. The van der Waals surface area contributed by atoms with Crippen LogP contribution in [0.2, 0.25) is 0 Å². The predicted octanol–water partition coefficient (Wildman–Crippen LogP) is 4.96. The van der Waals surface area contributed by atoms with Gasteiger partial charge in [-0.25, -0.2) is 0 Å². The number of aryl methyl sites for hydroxylation is 2. The SMILES string of the molecule is COc1ccc(C(=O)N2CCC[C@H](C(=O)Nc3cc(C)ccc3C)C2)c2ccccc12. The molecule has 1 aliphatic heterocycles. The van der Waals surface area contributed by atoms with Gasteiger partial charge in [0.1, 0.15) is 5.75 Å². The Kier molecular flexibility index (Phi) is 5.94. The Labute approximate surface area is 183 Å². The minimum absolute atomic E-state index is 0.0224. The summed E-state index contributed by atoms with van der Waals surface area (Å²) in [4.78, 5) is 28.2. The normalized spacial score (nSPS) is 16.2. The number of fused-ring (bicyclic) bond motifs is 1. The lowest BCUT2D eigenvalue weighted by atomic mass is 9.95. The van der Waals surface area contributed by atoms with Crippen molar-refractivity contribution >= 4 is 28.3 Å². The molecule has 1 aliphatic rings. The van der Waals surface area contributed by atoms with E-state index in [9.17, 15) is 9.59 Å². The summed E-state index contributed by atoms with van der Waals surface area (Å²) in [6.45, 7) is 5.08. The van der Waals surface area contributed by atoms with E-state index in [1.807, 2.05) is 73.3 Å². The molecule has 0 aromatic heterocycles. The molecule has 1 fully saturated rings. The number of likely N-dealkylation sites (tertiary alicyclic amines) is 1. The minimum atomic E-state index is -0.220. The number of piperidine rings is 1. The van der Waals surface area contributed by atoms with Crippen LogP contribution < -0.4 is 10.1 Å². The molecule has 0 unspecified atom stereocenters. The Morgan fingerprint density at radius 2 is 1.81 bits per heavy atom. The van der Waals surface area contributed by atoms with Gasteiger partial charge in [-0.2, -0.15) is 0 Å². The number of nitrogens with one attached hydrogen (secondary N) is 1. The molecular weight excluding hydrogens is 388 g/mol. The average molecular weight is 417 g/mol. The second-order valence-corrected chi connectivity index (χ2v) is 8.26. The maximum absolute atomic E-state index is 13.4. The molecule has 5 heteroatoms. The van der Waals surface area contributed by atoms with Gasteiger partial charge in [-0.05, 0) is 61.4 Å². The minimum Gasteiger partial charge on any atom is -0.496 e. The molecule has 0 spiro atoms. The molecule has 31 heavy (non-hydrogen) atoms. The van der Waals surface area contributed by atoms with E-state index in [2.05, 4.69) is 5.32 Å². The first-order valence-electron chi connectivity index (χ1n) is 10.7. The summed E-state index contributed by atoms with van der Waals surface area (Å²) < 4.78 is 5.45. The fourth-order valence-electron chi connectivity index (χ4n) is 4.29. The molecule has 2 amide bonds. The maximum atomic E-state index is 13.4. The standard InChI is InChI=1S/C26H28N2O3/c1-17-10-11-18(2)23(15-17)27-25(29)19-7-6-14-28(16-19)26(30)22-12-13-24(31-3)21-9-5-4-8-20(21)22/h4-5,8-13,15,19H,6-7,14,16H2,1-3H3,(H,27,29)/t19-/m0/s1. The van der Waals surface area contributed by atoms with Crippen molar-refractivity contribution in [2.24, 2.45) is 5.92 Å². The molecule has 5 nitrogen and oxygen atoms in total. The zero-order valence-corrected chi connectivity index (χ0v) is 18.3. The van der Waals surface area contributed by atoms with E-state index >= 15 is 0 Å². The molecule has 160 valence electrons. The Morgan fingerprint density at radius 1 is 1.03 bits per heavy atom. The lowest BCUT2D eigenvalue weighted by Gasteiger charge is -2.32. The number of carbonyl (C=O) groups excluding carboxylic acids is 2. The van der Waals surface area contributed by atoms with Crippen molar-refractivity contribution in [1.29, 1.82) is 0 Å². The van der Waals surface area contributed by atoms with E-state index < -0.39 is 0 Å². The van der Waals surface area contributed by atoms with Gasteiger partial charge in [-0.15, -0.1) is 0 Å². The Bertz CT molecular complexity index is 1140. The van der Waals surface area contributed by atoms with Crippen molar-refractivity contribution in [3.05, 3.63) is 71.3 Å². The van der Waals surface area contributed by atoms with Gasteiger partial charge in [0, 0.05) is 29.7 Å². The number of anilines is 1. The zero-order chi connectivity index (χ0) is 22.0. The van der Waals surface area contributed by atoms with Crippen molar-refractivity contribution < 1.29 is 14.3 Å². The van der Waals surface area contributed by atoms with Crippen LogP contribution in [0.3, 0.4) is 0 Å². The Morgan fingerprint density at radius 3 is 2.58 bits per heavy atom. The second kappa shape index (κ2) is 8.80. The van der Waals surface area contributed by atoms with Gasteiger partial charge in [0.05, 0.1) is 13.0 Å². The maximum Gasteiger partial charge on any atom is 0.254 e. The molecule has 1 heterocycles. The van der Waals surface area contributed by atoms with E-state index in [1.54, 1.807) is 7.11 Å². The molecule has 0 radical (unpaired) electrons. The number of benzene rings is 3. The van der Waals surface area contributed by atoms with Crippen molar-refractivity contribution in [2.75, 3.05) is 25.5 Å². The third-order valence-corrected chi connectivity index (χ3v) is 6.06. The van der Waals surface area contributed by atoms with E-state index in [0.717, 1.165) is 46.2 Å². The molecular formula is C26H28N2O3. The quantitative estimate of drug-likeness (QED) is 0.654. The largest absolute Gasteiger partial charge is 0.496 e.